The number of nitrogens with zero attached hydrogens (tertiary/aromatic N) is 5. The Morgan fingerprint density at radius 3 is 2.60 bits per heavy atom. The molecule has 2 fully saturated rings. The fourth-order valence-corrected chi connectivity index (χ4v) is 6.22. The average Bonchev–Trinajstić information content (AvgIpc) is 3.59. The van der Waals surface area contributed by atoms with Gasteiger partial charge in [0.15, 0.2) is 0 Å². The van der Waals surface area contributed by atoms with E-state index in [0.29, 0.717) is 24.1 Å². The topological polar surface area (TPSA) is 113 Å². The Bertz CT molecular complexity index is 1320. The summed E-state index contributed by atoms with van der Waals surface area (Å²) >= 11 is -0.871. The van der Waals surface area contributed by atoms with Crippen molar-refractivity contribution in [3.05, 3.63) is 28.3 Å². The number of pyridine rings is 1. The summed E-state index contributed by atoms with van der Waals surface area (Å²) in [7, 11) is -4.18. The van der Waals surface area contributed by atoms with Crippen LogP contribution in [0.15, 0.2) is 17.0 Å². The molecule has 156 valence electrons. The third-order valence-electron chi connectivity index (χ3n) is 5.10. The first-order valence-electron chi connectivity index (χ1n) is 9.02. The molecular weight excluding hydrogens is 488 g/mol. The molecule has 0 bridgehead atoms. The first kappa shape index (κ1) is 19.7. The number of hydrogen-bond donors (Lipinski definition) is 1. The molecule has 0 aliphatic heterocycles. The van der Waals surface area contributed by atoms with E-state index in [0.717, 1.165) is 23.4 Å². The van der Waals surface area contributed by atoms with Gasteiger partial charge in [-0.2, -0.15) is 0 Å². The number of rotatable bonds is 6. The van der Waals surface area contributed by atoms with E-state index < -0.39 is 42.4 Å². The molecule has 0 saturated heterocycles. The molecule has 1 N–H and O–H groups in total. The molecule has 0 radical (unpaired) electrons. The van der Waals surface area contributed by atoms with Crippen LogP contribution in [0, 0.1) is 17.3 Å². The average molecular weight is 501 g/mol. The number of fused-ring (bicyclic) bond motifs is 1. The summed E-state index contributed by atoms with van der Waals surface area (Å²) in [6.07, 6.45) is -0.346. The molecule has 5 rings (SSSR count). The van der Waals surface area contributed by atoms with Crippen LogP contribution in [0.2, 0.25) is 0 Å². The first-order chi connectivity index (χ1) is 14.2. The van der Waals surface area contributed by atoms with Crippen molar-refractivity contribution in [2.75, 3.05) is 0 Å². The van der Waals surface area contributed by atoms with Crippen LogP contribution >= 0.6 is 0 Å². The van der Waals surface area contributed by atoms with Gasteiger partial charge >= 0.3 is 174 Å². The number of nitrogens with one attached hydrogen (secondary N) is 1. The van der Waals surface area contributed by atoms with E-state index >= 15 is 0 Å². The van der Waals surface area contributed by atoms with Gasteiger partial charge in [0.1, 0.15) is 0 Å². The van der Waals surface area contributed by atoms with Crippen molar-refractivity contribution in [1.82, 2.24) is 24.5 Å². The maximum atomic E-state index is 14.8. The van der Waals surface area contributed by atoms with Gasteiger partial charge in [-0.3, -0.25) is 0 Å². The standard InChI is InChI=1S/C17H13F3N6O2SSe/c18-11-6-9(29(27,28)25-17(7-21)3-4-17)5-10-12(13(8-1-2-8)24-26(10)11)15-22-23-16(30-15)14(19)20/h5-6,8,14,25H,1-4H2. The molecule has 13 heteroatoms. The molecule has 2 aliphatic carbocycles. The van der Waals surface area contributed by atoms with Crippen LogP contribution in [0.25, 0.3) is 15.6 Å². The van der Waals surface area contributed by atoms with Gasteiger partial charge in [0.25, 0.3) is 0 Å². The summed E-state index contributed by atoms with van der Waals surface area (Å²) in [4.78, 5) is -0.362. The third-order valence-corrected chi connectivity index (χ3v) is 8.61. The van der Waals surface area contributed by atoms with Gasteiger partial charge in [-0.1, -0.05) is 0 Å². The van der Waals surface area contributed by atoms with Gasteiger partial charge in [-0.05, 0) is 0 Å². The van der Waals surface area contributed by atoms with E-state index in [9.17, 15) is 21.6 Å². The number of nitriles is 1. The van der Waals surface area contributed by atoms with Crippen LogP contribution in [-0.4, -0.2) is 48.3 Å². The zero-order valence-corrected chi connectivity index (χ0v) is 17.7. The van der Waals surface area contributed by atoms with Gasteiger partial charge in [0.2, 0.25) is 0 Å². The summed E-state index contributed by atoms with van der Waals surface area (Å²) in [5.74, 6) is -0.871. The first-order valence-corrected chi connectivity index (χ1v) is 12.2. The van der Waals surface area contributed by atoms with Crippen molar-refractivity contribution in [2.45, 2.75) is 48.5 Å². The zero-order chi connectivity index (χ0) is 21.3. The Hall–Kier alpha value is -2.26. The molecule has 0 atom stereocenters. The predicted octanol–water partition coefficient (Wildman–Crippen LogP) is 2.14. The monoisotopic (exact) mass is 502 g/mol. The predicted molar refractivity (Wildman–Crippen MR) is 97.9 cm³/mol. The van der Waals surface area contributed by atoms with Gasteiger partial charge in [-0.25, -0.2) is 0 Å². The van der Waals surface area contributed by atoms with Crippen molar-refractivity contribution in [3.8, 4) is 16.2 Å². The number of aromatic nitrogens is 4. The Balaban J connectivity index is 1.69. The van der Waals surface area contributed by atoms with Gasteiger partial charge in [-0.15, -0.1) is 0 Å². The molecule has 2 saturated carbocycles. The molecule has 0 aromatic carbocycles. The number of sulfonamides is 1. The molecule has 8 nitrogen and oxygen atoms in total. The van der Waals surface area contributed by atoms with Crippen molar-refractivity contribution in [2.24, 2.45) is 0 Å². The van der Waals surface area contributed by atoms with Crippen LogP contribution in [0.5, 0.6) is 0 Å². The summed E-state index contributed by atoms with van der Waals surface area (Å²) in [6, 6.07) is 4.00. The molecule has 0 amide bonds. The maximum absolute atomic E-state index is 14.8. The van der Waals surface area contributed by atoms with Crippen LogP contribution in [0.3, 0.4) is 0 Å². The second-order valence-electron chi connectivity index (χ2n) is 7.39. The summed E-state index contributed by atoms with van der Waals surface area (Å²) in [5, 5.41) is 20.9. The molecule has 3 aromatic heterocycles. The Morgan fingerprint density at radius 2 is 2.03 bits per heavy atom. The molecule has 3 aromatic rings. The molecule has 2 aliphatic rings. The quantitative estimate of drug-likeness (QED) is 0.409. The Kier molecular flexibility index (Phi) is 4.34. The fraction of sp³-hybridized carbons (Fsp3) is 0.412. The molecular formula is C17H13F3N6O2SSe. The van der Waals surface area contributed by atoms with E-state index in [-0.39, 0.29) is 25.5 Å². The third kappa shape index (κ3) is 3.24. The normalized spacial score (nSPS) is 18.1. The fourth-order valence-electron chi connectivity index (χ4n) is 3.22. The second kappa shape index (κ2) is 6.62. The van der Waals surface area contributed by atoms with Gasteiger partial charge in [0, 0.05) is 0 Å². The summed E-state index contributed by atoms with van der Waals surface area (Å²) < 4.78 is 69.7. The molecule has 0 spiro atoms. The molecule has 3 heterocycles. The minimum atomic E-state index is -4.18. The van der Waals surface area contributed by atoms with Gasteiger partial charge in [0.05, 0.1) is 0 Å². The summed E-state index contributed by atoms with van der Waals surface area (Å²) in [5.41, 5.74) is -0.152. The van der Waals surface area contributed by atoms with Crippen molar-refractivity contribution in [1.29, 1.82) is 5.26 Å². The van der Waals surface area contributed by atoms with Crippen molar-refractivity contribution >= 4 is 30.0 Å². The molecule has 0 unspecified atom stereocenters. The van der Waals surface area contributed by atoms with E-state index in [1.54, 1.807) is 0 Å². The van der Waals surface area contributed by atoms with Gasteiger partial charge < -0.3 is 0 Å². The van der Waals surface area contributed by atoms with E-state index in [1.807, 2.05) is 6.07 Å². The zero-order valence-electron chi connectivity index (χ0n) is 15.1. The molecule has 30 heavy (non-hydrogen) atoms. The SMILES string of the molecule is N#CC1(NS(=O)(=O)c2cc(F)n3nc(C4CC4)c(-c4nnc(C(F)F)[se]4)c3c2)CC1. The van der Waals surface area contributed by atoms with Crippen LogP contribution in [0.4, 0.5) is 13.2 Å². The van der Waals surface area contributed by atoms with Crippen molar-refractivity contribution < 1.29 is 21.6 Å². The van der Waals surface area contributed by atoms with Crippen LogP contribution in [-0.2, 0) is 10.0 Å². The second-order valence-corrected chi connectivity index (χ2v) is 11.2. The number of hydrogen-bond acceptors (Lipinski definition) is 6. The summed E-state index contributed by atoms with van der Waals surface area (Å²) in [6.45, 7) is 0. The van der Waals surface area contributed by atoms with E-state index in [2.05, 4.69) is 20.0 Å². The van der Waals surface area contributed by atoms with Crippen molar-refractivity contribution in [3.63, 3.8) is 0 Å². The van der Waals surface area contributed by atoms with E-state index in [1.165, 1.54) is 6.07 Å². The Morgan fingerprint density at radius 1 is 1.30 bits per heavy atom. The number of alkyl halides is 2. The van der Waals surface area contributed by atoms with Crippen LogP contribution < -0.4 is 4.72 Å². The van der Waals surface area contributed by atoms with E-state index in [4.69, 9.17) is 5.26 Å². The number of halogens is 3. The minimum absolute atomic E-state index is 0.0416. The van der Waals surface area contributed by atoms with Crippen LogP contribution in [0.1, 0.15) is 48.3 Å². The Labute approximate surface area is 174 Å².